The van der Waals surface area contributed by atoms with Crippen molar-refractivity contribution in [2.24, 2.45) is 0 Å². The lowest BCUT2D eigenvalue weighted by Gasteiger charge is -2.16. The van der Waals surface area contributed by atoms with Gasteiger partial charge in [0.1, 0.15) is 4.90 Å². The van der Waals surface area contributed by atoms with Crippen LogP contribution >= 0.6 is 0 Å². The van der Waals surface area contributed by atoms with Crippen LogP contribution in [0.2, 0.25) is 0 Å². The summed E-state index contributed by atoms with van der Waals surface area (Å²) in [6.07, 6.45) is -1.97. The maximum Gasteiger partial charge on any atom is 0.435 e. The van der Waals surface area contributed by atoms with E-state index < -0.39 is 34.5 Å². The average Bonchev–Trinajstić information content (AvgIpc) is 3.18. The summed E-state index contributed by atoms with van der Waals surface area (Å²) in [6.45, 7) is -0.155. The smallest absolute Gasteiger partial charge is 0.269 e. The third-order valence-electron chi connectivity index (χ3n) is 3.99. The first-order chi connectivity index (χ1) is 12.5. The van der Waals surface area contributed by atoms with Crippen LogP contribution in [0.3, 0.4) is 0 Å². The van der Waals surface area contributed by atoms with Crippen molar-refractivity contribution >= 4 is 10.0 Å². The van der Waals surface area contributed by atoms with E-state index in [4.69, 9.17) is 0 Å². The van der Waals surface area contributed by atoms with E-state index in [0.29, 0.717) is 6.42 Å². The van der Waals surface area contributed by atoms with E-state index in [1.165, 1.54) is 13.1 Å². The second-order valence-electron chi connectivity index (χ2n) is 5.74. The minimum Gasteiger partial charge on any atom is -0.269 e. The zero-order valence-electron chi connectivity index (χ0n) is 14.4. The van der Waals surface area contributed by atoms with Crippen molar-refractivity contribution in [2.45, 2.75) is 50.4 Å². The quantitative estimate of drug-likeness (QED) is 0.672. The van der Waals surface area contributed by atoms with Gasteiger partial charge in [0.05, 0.1) is 17.9 Å². The Hall–Kier alpha value is -2.02. The van der Waals surface area contributed by atoms with Crippen LogP contribution in [-0.2, 0) is 16.2 Å². The summed E-state index contributed by atoms with van der Waals surface area (Å²) in [4.78, 5) is -0.380. The maximum absolute atomic E-state index is 12.7. The van der Waals surface area contributed by atoms with E-state index in [9.17, 15) is 30.4 Å². The zero-order valence-corrected chi connectivity index (χ0v) is 15.2. The van der Waals surface area contributed by atoms with Crippen molar-refractivity contribution in [1.29, 1.82) is 0 Å². The highest BCUT2D eigenvalue weighted by atomic mass is 32.2. The molecule has 2 aromatic heterocycles. The predicted octanol–water partition coefficient (Wildman–Crippen LogP) is 3.12. The molecule has 0 aliphatic carbocycles. The molecule has 0 saturated heterocycles. The fourth-order valence-corrected chi connectivity index (χ4v) is 3.73. The molecule has 152 valence electrons. The van der Waals surface area contributed by atoms with Gasteiger partial charge in [-0.1, -0.05) is 6.92 Å². The highest BCUT2D eigenvalue weighted by Crippen LogP contribution is 2.28. The van der Waals surface area contributed by atoms with Crippen LogP contribution in [0.15, 0.2) is 23.4 Å². The lowest BCUT2D eigenvalue weighted by molar-refractivity contribution is -0.141. The molecule has 0 amide bonds. The number of alkyl halides is 5. The van der Waals surface area contributed by atoms with Crippen molar-refractivity contribution in [3.63, 3.8) is 0 Å². The first kappa shape index (κ1) is 21.3. The van der Waals surface area contributed by atoms with Crippen molar-refractivity contribution in [2.75, 3.05) is 6.54 Å². The van der Waals surface area contributed by atoms with Gasteiger partial charge in [-0.2, -0.15) is 32.1 Å². The molecule has 0 spiro atoms. The fourth-order valence-electron chi connectivity index (χ4n) is 2.52. The largest absolute Gasteiger partial charge is 0.435 e. The molecule has 0 saturated carbocycles. The standard InChI is InChI=1S/C14H18F5N5O2S/c1-3-10(23-7-5-12(22-23)14(17,18)19)4-6-21-27(25,26)11-8-20-24(9(11)2)13(15)16/h5,7-8,10,13,21H,3-4,6H2,1-2H3. The summed E-state index contributed by atoms with van der Waals surface area (Å²) in [7, 11) is -4.08. The first-order valence-corrected chi connectivity index (χ1v) is 9.40. The molecule has 1 unspecified atom stereocenters. The minimum atomic E-state index is -4.56. The van der Waals surface area contributed by atoms with Gasteiger partial charge >= 0.3 is 12.7 Å². The minimum absolute atomic E-state index is 0.110. The Balaban J connectivity index is 2.04. The molecule has 0 aliphatic heterocycles. The van der Waals surface area contributed by atoms with Crippen molar-refractivity contribution < 1.29 is 30.4 Å². The second-order valence-corrected chi connectivity index (χ2v) is 7.48. The van der Waals surface area contributed by atoms with Crippen LogP contribution in [0, 0.1) is 6.92 Å². The van der Waals surface area contributed by atoms with Gasteiger partial charge in [0.2, 0.25) is 10.0 Å². The third kappa shape index (κ3) is 4.83. The molecule has 0 fully saturated rings. The first-order valence-electron chi connectivity index (χ1n) is 7.91. The molecule has 7 nitrogen and oxygen atoms in total. The monoisotopic (exact) mass is 415 g/mol. The fraction of sp³-hybridized carbons (Fsp3) is 0.571. The number of rotatable bonds is 8. The lowest BCUT2D eigenvalue weighted by atomic mass is 10.1. The highest BCUT2D eigenvalue weighted by Gasteiger charge is 2.34. The lowest BCUT2D eigenvalue weighted by Crippen LogP contribution is -2.27. The van der Waals surface area contributed by atoms with Crippen LogP contribution in [0.25, 0.3) is 0 Å². The number of aromatic nitrogens is 4. The molecule has 2 rings (SSSR count). The van der Waals surface area contributed by atoms with Crippen molar-refractivity contribution in [1.82, 2.24) is 24.3 Å². The van der Waals surface area contributed by atoms with E-state index >= 15 is 0 Å². The second kappa shape index (κ2) is 7.92. The number of sulfonamides is 1. The summed E-state index contributed by atoms with van der Waals surface area (Å²) < 4.78 is 91.5. The van der Waals surface area contributed by atoms with Gasteiger partial charge in [0.15, 0.2) is 5.69 Å². The van der Waals surface area contributed by atoms with Gasteiger partial charge in [-0.15, -0.1) is 0 Å². The third-order valence-corrected chi connectivity index (χ3v) is 5.55. The number of nitrogens with zero attached hydrogens (tertiary/aromatic N) is 4. The van der Waals surface area contributed by atoms with E-state index in [1.54, 1.807) is 6.92 Å². The summed E-state index contributed by atoms with van der Waals surface area (Å²) in [5.41, 5.74) is -1.25. The van der Waals surface area contributed by atoms with Crippen LogP contribution in [0.4, 0.5) is 22.0 Å². The van der Waals surface area contributed by atoms with Crippen molar-refractivity contribution in [3.8, 4) is 0 Å². The van der Waals surface area contributed by atoms with Gasteiger partial charge in [0, 0.05) is 12.7 Å². The molecule has 1 N–H and O–H groups in total. The van der Waals surface area contributed by atoms with Crippen LogP contribution in [-0.4, -0.2) is 34.5 Å². The molecule has 0 aliphatic rings. The van der Waals surface area contributed by atoms with Gasteiger partial charge in [-0.25, -0.2) is 17.8 Å². The van der Waals surface area contributed by atoms with Crippen molar-refractivity contribution in [3.05, 3.63) is 29.8 Å². The van der Waals surface area contributed by atoms with Crippen LogP contribution in [0.1, 0.15) is 43.7 Å². The summed E-state index contributed by atoms with van der Waals surface area (Å²) >= 11 is 0. The van der Waals surface area contributed by atoms with Crippen LogP contribution < -0.4 is 4.72 Å². The molecule has 0 aromatic carbocycles. The molecule has 0 bridgehead atoms. The molecular weight excluding hydrogens is 397 g/mol. The Kier molecular flexibility index (Phi) is 6.24. The molecule has 27 heavy (non-hydrogen) atoms. The summed E-state index contributed by atoms with van der Waals surface area (Å²) in [5, 5.41) is 6.82. The highest BCUT2D eigenvalue weighted by molar-refractivity contribution is 7.89. The van der Waals surface area contributed by atoms with E-state index in [-0.39, 0.29) is 28.2 Å². The summed E-state index contributed by atoms with van der Waals surface area (Å²) in [5.74, 6) is 0. The topological polar surface area (TPSA) is 81.8 Å². The van der Waals surface area contributed by atoms with E-state index in [0.717, 1.165) is 16.9 Å². The Bertz CT molecular complexity index is 875. The van der Waals surface area contributed by atoms with Gasteiger partial charge in [-0.05, 0) is 25.8 Å². The summed E-state index contributed by atoms with van der Waals surface area (Å²) in [6, 6.07) is 0.378. The van der Waals surface area contributed by atoms with E-state index in [1.807, 2.05) is 0 Å². The molecule has 2 heterocycles. The molecule has 1 atom stereocenters. The van der Waals surface area contributed by atoms with E-state index in [2.05, 4.69) is 14.9 Å². The number of hydrogen-bond donors (Lipinski definition) is 1. The number of halogens is 5. The Morgan fingerprint density at radius 2 is 1.96 bits per heavy atom. The Morgan fingerprint density at radius 1 is 1.30 bits per heavy atom. The zero-order chi connectivity index (χ0) is 20.4. The normalized spacial score (nSPS) is 14.1. The molecule has 2 aromatic rings. The maximum atomic E-state index is 12.7. The molecule has 13 heteroatoms. The van der Waals surface area contributed by atoms with Gasteiger partial charge in [0.25, 0.3) is 0 Å². The Labute approximate surface area is 152 Å². The number of nitrogens with one attached hydrogen (secondary N) is 1. The molecule has 0 radical (unpaired) electrons. The Morgan fingerprint density at radius 3 is 2.44 bits per heavy atom. The average molecular weight is 415 g/mol. The van der Waals surface area contributed by atoms with Gasteiger partial charge in [-0.3, -0.25) is 4.68 Å². The SMILES string of the molecule is CCC(CCNS(=O)(=O)c1cnn(C(F)F)c1C)n1ccc(C(F)(F)F)n1. The van der Waals surface area contributed by atoms with Crippen LogP contribution in [0.5, 0.6) is 0 Å². The van der Waals surface area contributed by atoms with Gasteiger partial charge < -0.3 is 0 Å². The molecular formula is C14H18F5N5O2S. The predicted molar refractivity (Wildman–Crippen MR) is 84.6 cm³/mol. The number of hydrogen-bond acceptors (Lipinski definition) is 4.